The van der Waals surface area contributed by atoms with Crippen molar-refractivity contribution in [1.29, 1.82) is 0 Å². The summed E-state index contributed by atoms with van der Waals surface area (Å²) in [6.07, 6.45) is 3.68. The second-order valence-corrected chi connectivity index (χ2v) is 6.31. The maximum absolute atomic E-state index is 5.36. The van der Waals surface area contributed by atoms with E-state index in [2.05, 4.69) is 38.0 Å². The summed E-state index contributed by atoms with van der Waals surface area (Å²) in [5.74, 6) is 0. The van der Waals surface area contributed by atoms with Gasteiger partial charge in [-0.25, -0.2) is 0 Å². The Hall–Kier alpha value is -0.670. The van der Waals surface area contributed by atoms with E-state index in [1.165, 1.54) is 24.8 Å². The maximum atomic E-state index is 5.36. The van der Waals surface area contributed by atoms with Gasteiger partial charge in [-0.05, 0) is 43.0 Å². The van der Waals surface area contributed by atoms with Gasteiger partial charge in [0.25, 0.3) is 0 Å². The third-order valence-corrected chi connectivity index (χ3v) is 3.66. The lowest BCUT2D eigenvalue weighted by Crippen LogP contribution is -2.36. The van der Waals surface area contributed by atoms with E-state index in [1.807, 2.05) is 7.05 Å². The van der Waals surface area contributed by atoms with Crippen molar-refractivity contribution in [2.45, 2.75) is 40.0 Å². The Balaban J connectivity index is 2.43. The molecular weight excluding hydrogens is 240 g/mol. The summed E-state index contributed by atoms with van der Waals surface area (Å²) in [5, 5.41) is 6.66. The average molecular weight is 266 g/mol. The van der Waals surface area contributed by atoms with E-state index in [9.17, 15) is 0 Å². The lowest BCUT2D eigenvalue weighted by atomic mass is 9.72. The van der Waals surface area contributed by atoms with Crippen LogP contribution >= 0.6 is 12.2 Å². The highest BCUT2D eigenvalue weighted by Crippen LogP contribution is 2.41. The molecule has 18 heavy (non-hydrogen) atoms. The van der Waals surface area contributed by atoms with Gasteiger partial charge in [-0.15, -0.1) is 0 Å². The Morgan fingerprint density at radius 3 is 2.28 bits per heavy atom. The molecule has 0 bridgehead atoms. The summed E-state index contributed by atoms with van der Waals surface area (Å²) in [5.41, 5.74) is 3.66. The van der Waals surface area contributed by atoms with Crippen LogP contribution in [0, 0.1) is 5.41 Å². The van der Waals surface area contributed by atoms with Gasteiger partial charge in [-0.3, -0.25) is 0 Å². The molecular formula is C15H26N2S. The van der Waals surface area contributed by atoms with Crippen molar-refractivity contribution in [3.05, 3.63) is 23.4 Å². The Bertz CT molecular complexity index is 361. The van der Waals surface area contributed by atoms with E-state index in [4.69, 9.17) is 12.2 Å². The molecule has 0 aromatic heterocycles. The maximum Gasteiger partial charge on any atom is 0.0682 e. The molecule has 0 atom stereocenters. The largest absolute Gasteiger partial charge is 0.384 e. The summed E-state index contributed by atoms with van der Waals surface area (Å²) in [6.45, 7) is 12.8. The van der Waals surface area contributed by atoms with Crippen molar-refractivity contribution in [3.8, 4) is 0 Å². The van der Waals surface area contributed by atoms with Crippen molar-refractivity contribution < 1.29 is 0 Å². The molecule has 0 heterocycles. The van der Waals surface area contributed by atoms with Gasteiger partial charge in [0.2, 0.25) is 0 Å². The molecule has 0 saturated carbocycles. The fourth-order valence-corrected chi connectivity index (χ4v) is 2.56. The standard InChI is InChI=1S/C15H26N2S/c1-11-12(15(2,3)4)13(14(11)18)17-10-8-6-7-9-16-5/h16-17H,1,6-10H2,2-5H3. The minimum Gasteiger partial charge on any atom is -0.384 e. The highest BCUT2D eigenvalue weighted by Gasteiger charge is 2.35. The number of rotatable bonds is 7. The molecule has 0 aromatic rings. The zero-order chi connectivity index (χ0) is 13.8. The minimum atomic E-state index is 0.133. The van der Waals surface area contributed by atoms with Crippen LogP contribution in [0.4, 0.5) is 0 Å². The predicted molar refractivity (Wildman–Crippen MR) is 84.0 cm³/mol. The van der Waals surface area contributed by atoms with Crippen LogP contribution < -0.4 is 10.6 Å². The zero-order valence-electron chi connectivity index (χ0n) is 12.2. The first-order valence-corrected chi connectivity index (χ1v) is 7.17. The average Bonchev–Trinajstić information content (AvgIpc) is 2.29. The molecule has 0 aromatic carbocycles. The van der Waals surface area contributed by atoms with E-state index in [0.717, 1.165) is 29.2 Å². The monoisotopic (exact) mass is 266 g/mol. The van der Waals surface area contributed by atoms with Crippen LogP contribution in [-0.2, 0) is 0 Å². The smallest absolute Gasteiger partial charge is 0.0682 e. The third-order valence-electron chi connectivity index (χ3n) is 3.21. The van der Waals surface area contributed by atoms with E-state index in [0.29, 0.717) is 0 Å². The molecule has 0 spiro atoms. The van der Waals surface area contributed by atoms with Gasteiger partial charge >= 0.3 is 0 Å². The van der Waals surface area contributed by atoms with Crippen LogP contribution in [0.5, 0.6) is 0 Å². The van der Waals surface area contributed by atoms with Crippen LogP contribution in [0.3, 0.4) is 0 Å². The first-order chi connectivity index (χ1) is 8.39. The summed E-state index contributed by atoms with van der Waals surface area (Å²) in [6, 6.07) is 0. The van der Waals surface area contributed by atoms with E-state index in [-0.39, 0.29) is 5.41 Å². The number of unbranched alkanes of at least 4 members (excludes halogenated alkanes) is 2. The Morgan fingerprint density at radius 1 is 1.11 bits per heavy atom. The number of allylic oxidation sites excluding steroid dienone is 2. The zero-order valence-corrected chi connectivity index (χ0v) is 13.0. The topological polar surface area (TPSA) is 24.1 Å². The fourth-order valence-electron chi connectivity index (χ4n) is 2.28. The molecule has 0 amide bonds. The molecule has 0 aliphatic heterocycles. The summed E-state index contributed by atoms with van der Waals surface area (Å²) in [4.78, 5) is 0.926. The highest BCUT2D eigenvalue weighted by molar-refractivity contribution is 7.81. The van der Waals surface area contributed by atoms with Crippen LogP contribution in [0.2, 0.25) is 0 Å². The molecule has 0 unspecified atom stereocenters. The number of thiocarbonyl (C=S) groups is 1. The molecule has 0 saturated heterocycles. The number of hydrogen-bond donors (Lipinski definition) is 2. The first-order valence-electron chi connectivity index (χ1n) is 6.76. The fraction of sp³-hybridized carbons (Fsp3) is 0.667. The van der Waals surface area contributed by atoms with Gasteiger partial charge in [-0.2, -0.15) is 0 Å². The highest BCUT2D eigenvalue weighted by atomic mass is 32.1. The molecule has 1 aliphatic carbocycles. The molecule has 0 fully saturated rings. The van der Waals surface area contributed by atoms with Crippen LogP contribution in [0.15, 0.2) is 23.4 Å². The first kappa shape index (κ1) is 15.4. The van der Waals surface area contributed by atoms with Gasteiger partial charge in [0.1, 0.15) is 0 Å². The second kappa shape index (κ2) is 6.48. The quantitative estimate of drug-likeness (QED) is 0.420. The Kier molecular flexibility index (Phi) is 5.54. The molecule has 102 valence electrons. The predicted octanol–water partition coefficient (Wildman–Crippen LogP) is 3.21. The molecule has 0 radical (unpaired) electrons. The molecule has 1 aliphatic rings. The van der Waals surface area contributed by atoms with Crippen molar-refractivity contribution in [3.63, 3.8) is 0 Å². The van der Waals surface area contributed by atoms with Crippen LogP contribution in [-0.4, -0.2) is 25.0 Å². The summed E-state index contributed by atoms with van der Waals surface area (Å²) in [7, 11) is 2.00. The number of hydrogen-bond acceptors (Lipinski definition) is 3. The van der Waals surface area contributed by atoms with Crippen LogP contribution in [0.25, 0.3) is 0 Å². The molecule has 2 nitrogen and oxygen atoms in total. The van der Waals surface area contributed by atoms with Gasteiger partial charge in [0.05, 0.1) is 10.6 Å². The number of nitrogens with one attached hydrogen (secondary N) is 2. The van der Waals surface area contributed by atoms with E-state index >= 15 is 0 Å². The molecule has 3 heteroatoms. The summed E-state index contributed by atoms with van der Waals surface area (Å²) < 4.78 is 0. The summed E-state index contributed by atoms with van der Waals surface area (Å²) >= 11 is 5.36. The van der Waals surface area contributed by atoms with Crippen molar-refractivity contribution in [2.75, 3.05) is 20.1 Å². The Labute approximate surface area is 117 Å². The van der Waals surface area contributed by atoms with Crippen LogP contribution in [0.1, 0.15) is 40.0 Å². The van der Waals surface area contributed by atoms with Gasteiger partial charge in [0.15, 0.2) is 0 Å². The van der Waals surface area contributed by atoms with Gasteiger partial charge < -0.3 is 10.6 Å². The SMILES string of the molecule is C=C1C(=S)C(NCCCCCNC)=C1C(C)(C)C. The lowest BCUT2D eigenvalue weighted by Gasteiger charge is -2.37. The normalized spacial score (nSPS) is 16.0. The molecule has 1 rings (SSSR count). The van der Waals surface area contributed by atoms with Crippen molar-refractivity contribution >= 4 is 17.1 Å². The van der Waals surface area contributed by atoms with Crippen molar-refractivity contribution in [1.82, 2.24) is 10.6 Å². The molecule has 2 N–H and O–H groups in total. The Morgan fingerprint density at radius 2 is 1.72 bits per heavy atom. The third kappa shape index (κ3) is 3.66. The van der Waals surface area contributed by atoms with Crippen molar-refractivity contribution in [2.24, 2.45) is 5.41 Å². The van der Waals surface area contributed by atoms with Gasteiger partial charge in [-0.1, -0.05) is 46.0 Å². The second-order valence-electron chi connectivity index (χ2n) is 5.90. The lowest BCUT2D eigenvalue weighted by molar-refractivity contribution is 0.499. The van der Waals surface area contributed by atoms with E-state index < -0.39 is 0 Å². The van der Waals surface area contributed by atoms with Gasteiger partial charge in [0, 0.05) is 6.54 Å². The van der Waals surface area contributed by atoms with E-state index in [1.54, 1.807) is 0 Å². The minimum absolute atomic E-state index is 0.133.